The molecule has 1 atom stereocenters. The molecule has 0 amide bonds. The molecule has 41 heavy (non-hydrogen) atoms. The summed E-state index contributed by atoms with van der Waals surface area (Å²) < 4.78 is 174. The van der Waals surface area contributed by atoms with Crippen LogP contribution in [-0.4, -0.2) is 89.3 Å². The normalized spacial score (nSPS) is 13.9. The maximum Gasteiger partial charge on any atom is 0.511 e. The first kappa shape index (κ1) is 37.7. The van der Waals surface area contributed by atoms with Crippen molar-refractivity contribution >= 4 is 77.3 Å². The van der Waals surface area contributed by atoms with Crippen molar-refractivity contribution in [1.29, 1.82) is 0 Å². The highest BCUT2D eigenvalue weighted by Crippen LogP contribution is 2.39. The smallest absolute Gasteiger partial charge is 0.489 e. The fourth-order valence-corrected chi connectivity index (χ4v) is 5.32. The maximum atomic E-state index is 13.6. The third kappa shape index (κ3) is 11.0. The van der Waals surface area contributed by atoms with Gasteiger partial charge in [0, 0.05) is 6.54 Å². The second kappa shape index (κ2) is 14.4. The zero-order valence-electron chi connectivity index (χ0n) is 19.4. The Balaban J connectivity index is 2.66. The number of sulfonamides is 1. The van der Waals surface area contributed by atoms with Crippen LogP contribution < -0.4 is 9.46 Å². The van der Waals surface area contributed by atoms with E-state index in [9.17, 15) is 61.5 Å². The van der Waals surface area contributed by atoms with Gasteiger partial charge in [-0.25, -0.2) is 22.7 Å². The van der Waals surface area contributed by atoms with Gasteiger partial charge in [0.15, 0.2) is 0 Å². The van der Waals surface area contributed by atoms with Gasteiger partial charge in [0.25, 0.3) is 6.10 Å². The number of hydrogen-bond donors (Lipinski definition) is 2. The predicted molar refractivity (Wildman–Crippen MR) is 134 cm³/mol. The Morgan fingerprint density at radius 3 is 1.93 bits per heavy atom. The molecule has 1 rings (SSSR count). The molecule has 1 aromatic rings. The summed E-state index contributed by atoms with van der Waals surface area (Å²) >= 11 is 3.09. The van der Waals surface area contributed by atoms with E-state index in [1.165, 1.54) is 0 Å². The van der Waals surface area contributed by atoms with Crippen molar-refractivity contribution in [2.24, 2.45) is 0 Å². The van der Waals surface area contributed by atoms with E-state index < -0.39 is 80.4 Å². The van der Waals surface area contributed by atoms with E-state index in [0.717, 1.165) is 16.9 Å². The van der Waals surface area contributed by atoms with Crippen molar-refractivity contribution in [3.8, 4) is 5.75 Å². The van der Waals surface area contributed by atoms with E-state index in [1.54, 1.807) is 45.2 Å². The fraction of sp³-hybridized carbons (Fsp3) is 0.529. The van der Waals surface area contributed by atoms with Gasteiger partial charge >= 0.3 is 49.0 Å². The van der Waals surface area contributed by atoms with Gasteiger partial charge < -0.3 is 18.9 Å². The van der Waals surface area contributed by atoms with Gasteiger partial charge in [-0.2, -0.15) is 43.5 Å². The second-order valence-corrected chi connectivity index (χ2v) is 12.7. The highest BCUT2D eigenvalue weighted by atomic mass is 127. The van der Waals surface area contributed by atoms with Crippen LogP contribution >= 0.6 is 45.2 Å². The van der Waals surface area contributed by atoms with Crippen molar-refractivity contribution in [3.05, 3.63) is 24.8 Å². The lowest BCUT2D eigenvalue weighted by Gasteiger charge is -2.26. The number of halogens is 10. The molecule has 0 saturated heterocycles. The SMILES string of the molecule is O=C(COCCOc1c(I)cc(C(=O)OC(C(F)(F)F)C(F)(F)S(=O)(=O)O)cc1I)OCCNS(=O)(=O)C(F)(F)F. The first-order valence-corrected chi connectivity index (χ1v) is 15.0. The van der Waals surface area contributed by atoms with Crippen LogP contribution in [0, 0.1) is 7.14 Å². The van der Waals surface area contributed by atoms with Gasteiger partial charge in [-0.05, 0) is 57.3 Å². The molecule has 2 N–H and O–H groups in total. The third-order valence-corrected chi connectivity index (χ3v) is 7.76. The van der Waals surface area contributed by atoms with Crippen molar-refractivity contribution in [2.45, 2.75) is 23.0 Å². The van der Waals surface area contributed by atoms with Crippen molar-refractivity contribution in [1.82, 2.24) is 4.72 Å². The summed E-state index contributed by atoms with van der Waals surface area (Å²) in [5, 5.41) is -5.92. The van der Waals surface area contributed by atoms with E-state index in [4.69, 9.17) is 14.0 Å². The van der Waals surface area contributed by atoms with Crippen LogP contribution in [0.1, 0.15) is 10.4 Å². The standard InChI is InChI=1S/C17H15F8I2NO11S2/c18-15(19,20)14(16(21,22)41(33,34)35)39-13(30)8-5-9(26)12(10(27)6-8)38-4-3-36-7-11(29)37-2-1-28-40(31,32)17(23,24)25/h5-6,14,28H,1-4,7H2,(H,33,34,35). The summed E-state index contributed by atoms with van der Waals surface area (Å²) in [5.74, 6) is -3.06. The summed E-state index contributed by atoms with van der Waals surface area (Å²) in [6.45, 7) is -2.91. The van der Waals surface area contributed by atoms with Gasteiger partial charge in [0.2, 0.25) is 0 Å². The molecule has 0 spiro atoms. The van der Waals surface area contributed by atoms with E-state index in [1.807, 2.05) is 0 Å². The topological polar surface area (TPSA) is 172 Å². The molecule has 0 bridgehead atoms. The van der Waals surface area contributed by atoms with E-state index in [0.29, 0.717) is 0 Å². The lowest BCUT2D eigenvalue weighted by atomic mass is 10.2. The summed E-state index contributed by atoms with van der Waals surface area (Å²) in [6.07, 6.45) is -10.6. The zero-order valence-corrected chi connectivity index (χ0v) is 25.3. The number of nitrogens with one attached hydrogen (secondary N) is 1. The molecule has 236 valence electrons. The minimum atomic E-state index is -6.63. The van der Waals surface area contributed by atoms with Gasteiger partial charge in [0.05, 0.1) is 19.3 Å². The highest BCUT2D eigenvalue weighted by Gasteiger charge is 2.66. The number of esters is 2. The average Bonchev–Trinajstić information content (AvgIpc) is 2.78. The Bertz CT molecular complexity index is 1300. The molecule has 0 saturated carbocycles. The van der Waals surface area contributed by atoms with Gasteiger partial charge in [-0.3, -0.25) is 4.55 Å². The monoisotopic (exact) mass is 879 g/mol. The Hall–Kier alpha value is -1.36. The first-order chi connectivity index (χ1) is 18.4. The van der Waals surface area contributed by atoms with Crippen LogP contribution in [0.5, 0.6) is 5.75 Å². The molecule has 0 aromatic heterocycles. The van der Waals surface area contributed by atoms with Crippen LogP contribution in [0.15, 0.2) is 12.1 Å². The van der Waals surface area contributed by atoms with Crippen molar-refractivity contribution in [3.63, 3.8) is 0 Å². The fourth-order valence-electron chi connectivity index (χ4n) is 2.27. The van der Waals surface area contributed by atoms with Crippen LogP contribution in [0.25, 0.3) is 0 Å². The average molecular weight is 879 g/mol. The lowest BCUT2D eigenvalue weighted by Crippen LogP contribution is -2.52. The van der Waals surface area contributed by atoms with Crippen molar-refractivity contribution in [2.75, 3.05) is 33.0 Å². The minimum Gasteiger partial charge on any atom is -0.489 e. The second-order valence-electron chi connectivity index (χ2n) is 7.10. The van der Waals surface area contributed by atoms with Crippen LogP contribution in [0.3, 0.4) is 0 Å². The number of hydrogen-bond acceptors (Lipinski definition) is 10. The van der Waals surface area contributed by atoms with Gasteiger partial charge in [0.1, 0.15) is 25.6 Å². The van der Waals surface area contributed by atoms with Gasteiger partial charge in [-0.1, -0.05) is 0 Å². The Kier molecular flexibility index (Phi) is 13.2. The molecule has 0 radical (unpaired) electrons. The van der Waals surface area contributed by atoms with E-state index in [-0.39, 0.29) is 26.1 Å². The number of carbonyl (C=O) groups excluding carboxylic acids is 2. The number of rotatable bonds is 14. The molecule has 0 aliphatic heterocycles. The highest BCUT2D eigenvalue weighted by molar-refractivity contribution is 14.1. The summed E-state index contributed by atoms with van der Waals surface area (Å²) in [5.41, 5.74) is -6.26. The maximum absolute atomic E-state index is 13.6. The number of benzene rings is 1. The zero-order chi connectivity index (χ0) is 32.0. The van der Waals surface area contributed by atoms with Crippen LogP contribution in [0.2, 0.25) is 0 Å². The number of alkyl halides is 8. The molecular formula is C17H15F8I2NO11S2. The summed E-state index contributed by atoms with van der Waals surface area (Å²) in [7, 11) is -12.2. The molecule has 0 fully saturated rings. The van der Waals surface area contributed by atoms with Crippen LogP contribution in [-0.2, 0) is 39.1 Å². The molecule has 1 unspecified atom stereocenters. The van der Waals surface area contributed by atoms with E-state index >= 15 is 0 Å². The summed E-state index contributed by atoms with van der Waals surface area (Å²) in [6, 6.07) is 1.70. The molecule has 12 nitrogen and oxygen atoms in total. The molecule has 24 heteroatoms. The quantitative estimate of drug-likeness (QED) is 0.0927. The van der Waals surface area contributed by atoms with E-state index in [2.05, 4.69) is 9.47 Å². The molecule has 0 aliphatic rings. The minimum absolute atomic E-state index is 0.0153. The summed E-state index contributed by atoms with van der Waals surface area (Å²) in [4.78, 5) is 23.6. The third-order valence-electron chi connectivity index (χ3n) is 4.06. The Morgan fingerprint density at radius 1 is 0.927 bits per heavy atom. The van der Waals surface area contributed by atoms with Crippen LogP contribution in [0.4, 0.5) is 35.1 Å². The molecule has 0 aliphatic carbocycles. The van der Waals surface area contributed by atoms with Crippen molar-refractivity contribution < 1.29 is 85.0 Å². The molecule has 1 aromatic carbocycles. The van der Waals surface area contributed by atoms with Gasteiger partial charge in [-0.15, -0.1) is 0 Å². The lowest BCUT2D eigenvalue weighted by molar-refractivity contribution is -0.248. The number of carbonyl (C=O) groups is 2. The predicted octanol–water partition coefficient (Wildman–Crippen LogP) is 2.84. The number of ether oxygens (including phenoxy) is 4. The largest absolute Gasteiger partial charge is 0.511 e. The Labute approximate surface area is 252 Å². The molecular weight excluding hydrogens is 864 g/mol. The Morgan fingerprint density at radius 2 is 1.46 bits per heavy atom. The first-order valence-electron chi connectivity index (χ1n) is 9.95. The molecule has 0 heterocycles.